The van der Waals surface area contributed by atoms with Crippen molar-refractivity contribution in [3.63, 3.8) is 0 Å². The van der Waals surface area contributed by atoms with E-state index in [1.54, 1.807) is 4.90 Å². The largest absolute Gasteiger partial charge is 0.331 e. The lowest BCUT2D eigenvalue weighted by molar-refractivity contribution is 0.118. The van der Waals surface area contributed by atoms with Crippen LogP contribution in [0.5, 0.6) is 0 Å². The summed E-state index contributed by atoms with van der Waals surface area (Å²) in [5.74, 6) is 0.812. The summed E-state index contributed by atoms with van der Waals surface area (Å²) >= 11 is 0. The molecule has 2 amide bonds. The van der Waals surface area contributed by atoms with E-state index in [4.69, 9.17) is 0 Å². The fourth-order valence-electron chi connectivity index (χ4n) is 3.35. The molecule has 0 radical (unpaired) electrons. The van der Waals surface area contributed by atoms with Crippen molar-refractivity contribution in [1.82, 2.24) is 20.0 Å². The van der Waals surface area contributed by atoms with Crippen LogP contribution in [0, 0.1) is 5.92 Å². The van der Waals surface area contributed by atoms with Crippen molar-refractivity contribution in [2.45, 2.75) is 25.3 Å². The maximum atomic E-state index is 11.9. The van der Waals surface area contributed by atoms with E-state index in [-0.39, 0.29) is 6.03 Å². The fourth-order valence-corrected chi connectivity index (χ4v) is 3.35. The Bertz CT molecular complexity index is 300. The highest BCUT2D eigenvalue weighted by Gasteiger charge is 2.31. The predicted octanol–water partition coefficient (Wildman–Crippen LogP) is 0.674. The molecule has 0 aromatic carbocycles. The number of carbonyl (C=O) groups is 1. The average molecular weight is 268 g/mol. The number of likely N-dealkylation sites (tertiary alicyclic amines) is 2. The van der Waals surface area contributed by atoms with E-state index in [0.717, 1.165) is 38.4 Å². The lowest BCUT2D eigenvalue weighted by atomic mass is 10.0. The SMILES string of the molecule is CNCC1CCN(C2CCN(C(=O)N(C)C)CC2)C1. The standard InChI is InChI=1S/C14H28N4O/c1-15-10-12-4-7-18(11-12)13-5-8-17(9-6-13)14(19)16(2)3/h12-13,15H,4-11H2,1-3H3. The smallest absolute Gasteiger partial charge is 0.319 e. The zero-order chi connectivity index (χ0) is 13.8. The number of piperidine rings is 1. The van der Waals surface area contributed by atoms with Gasteiger partial charge in [0.2, 0.25) is 0 Å². The molecule has 110 valence electrons. The molecule has 2 saturated heterocycles. The van der Waals surface area contributed by atoms with E-state index in [1.807, 2.05) is 26.0 Å². The monoisotopic (exact) mass is 268 g/mol. The quantitative estimate of drug-likeness (QED) is 0.818. The van der Waals surface area contributed by atoms with Crippen LogP contribution < -0.4 is 5.32 Å². The summed E-state index contributed by atoms with van der Waals surface area (Å²) < 4.78 is 0. The van der Waals surface area contributed by atoms with Crippen molar-refractivity contribution in [2.24, 2.45) is 5.92 Å². The Morgan fingerprint density at radius 1 is 1.21 bits per heavy atom. The molecule has 5 heteroatoms. The Kier molecular flexibility index (Phi) is 5.05. The van der Waals surface area contributed by atoms with E-state index in [2.05, 4.69) is 10.2 Å². The van der Waals surface area contributed by atoms with E-state index >= 15 is 0 Å². The summed E-state index contributed by atoms with van der Waals surface area (Å²) in [6.07, 6.45) is 3.58. The lowest BCUT2D eigenvalue weighted by Gasteiger charge is -2.37. The molecule has 0 bridgehead atoms. The molecular formula is C14H28N4O. The predicted molar refractivity (Wildman–Crippen MR) is 77.3 cm³/mol. The second-order valence-corrected chi connectivity index (χ2v) is 6.10. The van der Waals surface area contributed by atoms with Gasteiger partial charge in [-0.2, -0.15) is 0 Å². The van der Waals surface area contributed by atoms with Gasteiger partial charge in [-0.05, 0) is 45.3 Å². The van der Waals surface area contributed by atoms with Crippen molar-refractivity contribution in [2.75, 3.05) is 53.9 Å². The first-order valence-corrected chi connectivity index (χ1v) is 7.46. The third-order valence-corrected chi connectivity index (χ3v) is 4.44. The van der Waals surface area contributed by atoms with E-state index in [0.29, 0.717) is 6.04 Å². The third kappa shape index (κ3) is 3.60. The molecule has 0 saturated carbocycles. The minimum absolute atomic E-state index is 0.160. The maximum absolute atomic E-state index is 11.9. The zero-order valence-corrected chi connectivity index (χ0v) is 12.6. The summed E-state index contributed by atoms with van der Waals surface area (Å²) in [5.41, 5.74) is 0. The van der Waals surface area contributed by atoms with Gasteiger partial charge in [0.05, 0.1) is 0 Å². The highest BCUT2D eigenvalue weighted by atomic mass is 16.2. The van der Waals surface area contributed by atoms with E-state index < -0.39 is 0 Å². The van der Waals surface area contributed by atoms with Crippen LogP contribution in [0.1, 0.15) is 19.3 Å². The summed E-state index contributed by atoms with van der Waals surface area (Å²) in [7, 11) is 5.70. The molecule has 0 spiro atoms. The van der Waals surface area contributed by atoms with Crippen molar-refractivity contribution < 1.29 is 4.79 Å². The first kappa shape index (κ1) is 14.6. The van der Waals surface area contributed by atoms with Crippen LogP contribution in [-0.4, -0.2) is 80.6 Å². The van der Waals surface area contributed by atoms with Crippen LogP contribution in [0.15, 0.2) is 0 Å². The first-order valence-electron chi connectivity index (χ1n) is 7.46. The van der Waals surface area contributed by atoms with Crippen LogP contribution in [0.25, 0.3) is 0 Å². The average Bonchev–Trinajstić information content (AvgIpc) is 2.87. The summed E-state index contributed by atoms with van der Waals surface area (Å²) in [4.78, 5) is 18.2. The number of rotatable bonds is 3. The Hall–Kier alpha value is -0.810. The summed E-state index contributed by atoms with van der Waals surface area (Å²) in [5, 5.41) is 3.28. The van der Waals surface area contributed by atoms with E-state index in [1.165, 1.54) is 19.5 Å². The van der Waals surface area contributed by atoms with Crippen LogP contribution >= 0.6 is 0 Å². The molecule has 0 aliphatic carbocycles. The van der Waals surface area contributed by atoms with Gasteiger partial charge in [-0.1, -0.05) is 0 Å². The number of urea groups is 1. The molecule has 19 heavy (non-hydrogen) atoms. The van der Waals surface area contributed by atoms with Gasteiger partial charge < -0.3 is 15.1 Å². The summed E-state index contributed by atoms with van der Waals surface area (Å²) in [6, 6.07) is 0.848. The van der Waals surface area contributed by atoms with Crippen molar-refractivity contribution >= 4 is 6.03 Å². The molecule has 1 atom stereocenters. The van der Waals surface area contributed by atoms with Gasteiger partial charge in [-0.3, -0.25) is 4.90 Å². The number of carbonyl (C=O) groups excluding carboxylic acids is 1. The molecule has 5 nitrogen and oxygen atoms in total. The molecule has 0 aromatic rings. The minimum Gasteiger partial charge on any atom is -0.331 e. The van der Waals surface area contributed by atoms with Gasteiger partial charge in [-0.15, -0.1) is 0 Å². The number of amides is 2. The van der Waals surface area contributed by atoms with Crippen molar-refractivity contribution in [1.29, 1.82) is 0 Å². The normalized spacial score (nSPS) is 25.8. The minimum atomic E-state index is 0.160. The van der Waals surface area contributed by atoms with Crippen LogP contribution in [0.2, 0.25) is 0 Å². The van der Waals surface area contributed by atoms with Gasteiger partial charge >= 0.3 is 6.03 Å². The topological polar surface area (TPSA) is 38.8 Å². The molecule has 1 unspecified atom stereocenters. The van der Waals surface area contributed by atoms with Gasteiger partial charge in [0, 0.05) is 39.8 Å². The Labute approximate surface area is 116 Å². The first-order chi connectivity index (χ1) is 9.11. The summed E-state index contributed by atoms with van der Waals surface area (Å²) in [6.45, 7) is 5.42. The Morgan fingerprint density at radius 3 is 2.47 bits per heavy atom. The maximum Gasteiger partial charge on any atom is 0.319 e. The molecule has 2 fully saturated rings. The molecule has 2 rings (SSSR count). The zero-order valence-electron chi connectivity index (χ0n) is 12.6. The Balaban J connectivity index is 1.76. The third-order valence-electron chi connectivity index (χ3n) is 4.44. The highest BCUT2D eigenvalue weighted by Crippen LogP contribution is 2.24. The van der Waals surface area contributed by atoms with Gasteiger partial charge in [0.25, 0.3) is 0 Å². The van der Waals surface area contributed by atoms with Crippen LogP contribution in [0.4, 0.5) is 4.79 Å². The molecular weight excluding hydrogens is 240 g/mol. The fraction of sp³-hybridized carbons (Fsp3) is 0.929. The van der Waals surface area contributed by atoms with Crippen molar-refractivity contribution in [3.8, 4) is 0 Å². The van der Waals surface area contributed by atoms with Crippen molar-refractivity contribution in [3.05, 3.63) is 0 Å². The van der Waals surface area contributed by atoms with Gasteiger partial charge in [0.15, 0.2) is 0 Å². The molecule has 1 N–H and O–H groups in total. The van der Waals surface area contributed by atoms with Crippen LogP contribution in [0.3, 0.4) is 0 Å². The Morgan fingerprint density at radius 2 is 1.89 bits per heavy atom. The molecule has 2 aliphatic rings. The molecule has 2 aliphatic heterocycles. The molecule has 2 heterocycles. The van der Waals surface area contributed by atoms with Gasteiger partial charge in [0.1, 0.15) is 0 Å². The van der Waals surface area contributed by atoms with Gasteiger partial charge in [-0.25, -0.2) is 4.79 Å². The number of nitrogens with one attached hydrogen (secondary N) is 1. The molecule has 0 aromatic heterocycles. The second kappa shape index (κ2) is 6.57. The number of nitrogens with zero attached hydrogens (tertiary/aromatic N) is 3. The second-order valence-electron chi connectivity index (χ2n) is 6.10. The van der Waals surface area contributed by atoms with Crippen LogP contribution in [-0.2, 0) is 0 Å². The lowest BCUT2D eigenvalue weighted by Crippen LogP contribution is -2.48. The highest BCUT2D eigenvalue weighted by molar-refractivity contribution is 5.73. The number of hydrogen-bond acceptors (Lipinski definition) is 3. The number of hydrogen-bond donors (Lipinski definition) is 1. The van der Waals surface area contributed by atoms with E-state index in [9.17, 15) is 4.79 Å².